The predicted octanol–water partition coefficient (Wildman–Crippen LogP) is 0.792. The summed E-state index contributed by atoms with van der Waals surface area (Å²) in [4.78, 5) is 29.4. The van der Waals surface area contributed by atoms with Crippen molar-refractivity contribution in [2.75, 3.05) is 12.4 Å². The summed E-state index contributed by atoms with van der Waals surface area (Å²) >= 11 is 0. The van der Waals surface area contributed by atoms with Crippen molar-refractivity contribution in [3.05, 3.63) is 18.3 Å². The van der Waals surface area contributed by atoms with Crippen LogP contribution in [0.3, 0.4) is 0 Å². The highest BCUT2D eigenvalue weighted by Crippen LogP contribution is 2.32. The third-order valence-corrected chi connectivity index (χ3v) is 3.38. The van der Waals surface area contributed by atoms with Crippen LogP contribution in [0.25, 0.3) is 0 Å². The van der Waals surface area contributed by atoms with E-state index in [9.17, 15) is 9.59 Å². The molecule has 2 amide bonds. The van der Waals surface area contributed by atoms with Crippen molar-refractivity contribution >= 4 is 17.5 Å². The molecule has 0 bridgehead atoms. The van der Waals surface area contributed by atoms with Crippen LogP contribution in [-0.2, 0) is 9.59 Å². The molecule has 1 aromatic rings. The lowest BCUT2D eigenvalue weighted by atomic mass is 10.2. The van der Waals surface area contributed by atoms with Crippen LogP contribution < -0.4 is 10.1 Å². The lowest BCUT2D eigenvalue weighted by Crippen LogP contribution is -2.36. The second-order valence-corrected chi connectivity index (χ2v) is 4.82. The number of rotatable bonds is 4. The lowest BCUT2D eigenvalue weighted by Gasteiger charge is -2.15. The van der Waals surface area contributed by atoms with Crippen molar-refractivity contribution in [3.63, 3.8) is 0 Å². The van der Waals surface area contributed by atoms with Gasteiger partial charge in [-0.2, -0.15) is 0 Å². The fourth-order valence-electron chi connectivity index (χ4n) is 2.27. The van der Waals surface area contributed by atoms with Gasteiger partial charge in [0.1, 0.15) is 6.04 Å². The Morgan fingerprint density at radius 3 is 2.74 bits per heavy atom. The summed E-state index contributed by atoms with van der Waals surface area (Å²) in [6.07, 6.45) is 3.69. The average Bonchev–Trinajstić information content (AvgIpc) is 3.19. The monoisotopic (exact) mass is 261 g/mol. The van der Waals surface area contributed by atoms with E-state index < -0.39 is 6.04 Å². The standard InChI is InChI=1S/C13H15N3O3/c1-19-11-5-2-8(7-14-11)15-10-6-12(17)16(13(10)18)9-3-4-9/h2,5,7,9-10,15H,3-4,6H2,1H3. The molecule has 0 radical (unpaired) electrons. The first-order chi connectivity index (χ1) is 9.19. The number of hydrogen-bond donors (Lipinski definition) is 1. The summed E-state index contributed by atoms with van der Waals surface area (Å²) in [6.45, 7) is 0. The molecule has 2 heterocycles. The molecule has 1 aliphatic carbocycles. The van der Waals surface area contributed by atoms with Gasteiger partial charge in [0.2, 0.25) is 11.8 Å². The predicted molar refractivity (Wildman–Crippen MR) is 67.7 cm³/mol. The molecule has 6 nitrogen and oxygen atoms in total. The molecule has 0 aromatic carbocycles. The summed E-state index contributed by atoms with van der Waals surface area (Å²) in [5, 5.41) is 3.05. The minimum Gasteiger partial charge on any atom is -0.481 e. The number of anilines is 1. The van der Waals surface area contributed by atoms with E-state index in [0.29, 0.717) is 11.6 Å². The van der Waals surface area contributed by atoms with Crippen LogP contribution in [0, 0.1) is 0 Å². The number of aromatic nitrogens is 1. The number of amides is 2. The molecule has 1 saturated heterocycles. The van der Waals surface area contributed by atoms with Crippen LogP contribution in [0.15, 0.2) is 18.3 Å². The molecule has 2 aliphatic rings. The minimum absolute atomic E-state index is 0.0773. The highest BCUT2D eigenvalue weighted by atomic mass is 16.5. The Hall–Kier alpha value is -2.11. The van der Waals surface area contributed by atoms with Gasteiger partial charge in [-0.1, -0.05) is 0 Å². The number of methoxy groups -OCH3 is 1. The first kappa shape index (κ1) is 12.0. The van der Waals surface area contributed by atoms with Crippen molar-refractivity contribution in [3.8, 4) is 5.88 Å². The zero-order valence-corrected chi connectivity index (χ0v) is 10.6. The number of hydrogen-bond acceptors (Lipinski definition) is 5. The van der Waals surface area contributed by atoms with Crippen LogP contribution in [-0.4, -0.2) is 40.9 Å². The molecule has 3 rings (SSSR count). The van der Waals surface area contributed by atoms with Gasteiger partial charge < -0.3 is 10.1 Å². The summed E-state index contributed by atoms with van der Waals surface area (Å²) in [5.74, 6) is 0.314. The van der Waals surface area contributed by atoms with E-state index in [1.165, 1.54) is 4.90 Å². The number of imide groups is 1. The van der Waals surface area contributed by atoms with Gasteiger partial charge in [-0.15, -0.1) is 0 Å². The summed E-state index contributed by atoms with van der Waals surface area (Å²) < 4.78 is 4.97. The first-order valence-corrected chi connectivity index (χ1v) is 6.31. The molecule has 1 aromatic heterocycles. The van der Waals surface area contributed by atoms with E-state index in [1.54, 1.807) is 25.4 Å². The first-order valence-electron chi connectivity index (χ1n) is 6.31. The second-order valence-electron chi connectivity index (χ2n) is 4.82. The number of nitrogens with zero attached hydrogens (tertiary/aromatic N) is 2. The summed E-state index contributed by atoms with van der Waals surface area (Å²) in [5.41, 5.74) is 0.713. The molecule has 0 spiro atoms. The Bertz CT molecular complexity index is 510. The van der Waals surface area contributed by atoms with Gasteiger partial charge in [0.05, 0.1) is 25.4 Å². The molecular weight excluding hydrogens is 246 g/mol. The zero-order valence-electron chi connectivity index (χ0n) is 10.6. The number of pyridine rings is 1. The molecule has 1 N–H and O–H groups in total. The molecule has 6 heteroatoms. The molecule has 2 fully saturated rings. The molecule has 19 heavy (non-hydrogen) atoms. The maximum atomic E-state index is 12.1. The van der Waals surface area contributed by atoms with Crippen LogP contribution >= 0.6 is 0 Å². The molecule has 1 atom stereocenters. The highest BCUT2D eigenvalue weighted by molar-refractivity contribution is 6.07. The van der Waals surface area contributed by atoms with Gasteiger partial charge >= 0.3 is 0 Å². The van der Waals surface area contributed by atoms with Gasteiger partial charge in [0.25, 0.3) is 5.91 Å². The van der Waals surface area contributed by atoms with Crippen LogP contribution in [0.2, 0.25) is 0 Å². The summed E-state index contributed by atoms with van der Waals surface area (Å²) in [6, 6.07) is 3.16. The number of carbonyl (C=O) groups excluding carboxylic acids is 2. The van der Waals surface area contributed by atoms with Crippen LogP contribution in [0.5, 0.6) is 5.88 Å². The van der Waals surface area contributed by atoms with E-state index in [2.05, 4.69) is 10.3 Å². The maximum absolute atomic E-state index is 12.1. The van der Waals surface area contributed by atoms with E-state index in [0.717, 1.165) is 12.8 Å². The molecule has 1 unspecified atom stereocenters. The fourth-order valence-corrected chi connectivity index (χ4v) is 2.27. The Kier molecular flexibility index (Phi) is 2.85. The van der Waals surface area contributed by atoms with E-state index in [1.807, 2.05) is 0 Å². The number of likely N-dealkylation sites (tertiary alicyclic amines) is 1. The molecule has 1 saturated carbocycles. The number of ether oxygens (including phenoxy) is 1. The minimum atomic E-state index is -0.469. The summed E-state index contributed by atoms with van der Waals surface area (Å²) in [7, 11) is 1.54. The van der Waals surface area contributed by atoms with Crippen LogP contribution in [0.4, 0.5) is 5.69 Å². The SMILES string of the molecule is COc1ccc(NC2CC(=O)N(C3CC3)C2=O)cn1. The highest BCUT2D eigenvalue weighted by Gasteiger charge is 2.46. The van der Waals surface area contributed by atoms with Crippen molar-refractivity contribution in [2.45, 2.75) is 31.3 Å². The van der Waals surface area contributed by atoms with E-state index in [4.69, 9.17) is 4.74 Å². The van der Waals surface area contributed by atoms with Crippen LogP contribution in [0.1, 0.15) is 19.3 Å². The smallest absolute Gasteiger partial charge is 0.252 e. The van der Waals surface area contributed by atoms with Gasteiger partial charge in [-0.05, 0) is 18.9 Å². The van der Waals surface area contributed by atoms with Crippen molar-refractivity contribution in [1.82, 2.24) is 9.88 Å². The van der Waals surface area contributed by atoms with Gasteiger partial charge in [-0.3, -0.25) is 14.5 Å². The Morgan fingerprint density at radius 2 is 2.16 bits per heavy atom. The quantitative estimate of drug-likeness (QED) is 0.811. The van der Waals surface area contributed by atoms with E-state index in [-0.39, 0.29) is 24.3 Å². The van der Waals surface area contributed by atoms with Crippen molar-refractivity contribution in [1.29, 1.82) is 0 Å². The Balaban J connectivity index is 1.69. The number of nitrogens with one attached hydrogen (secondary N) is 1. The molecule has 100 valence electrons. The third-order valence-electron chi connectivity index (χ3n) is 3.38. The molecular formula is C13H15N3O3. The number of carbonyl (C=O) groups is 2. The Morgan fingerprint density at radius 1 is 1.37 bits per heavy atom. The van der Waals surface area contributed by atoms with E-state index >= 15 is 0 Å². The van der Waals surface area contributed by atoms with Crippen molar-refractivity contribution < 1.29 is 14.3 Å². The topological polar surface area (TPSA) is 71.5 Å². The van der Waals surface area contributed by atoms with Gasteiger partial charge in [0, 0.05) is 12.1 Å². The van der Waals surface area contributed by atoms with Gasteiger partial charge in [0.15, 0.2) is 0 Å². The maximum Gasteiger partial charge on any atom is 0.252 e. The fraction of sp³-hybridized carbons (Fsp3) is 0.462. The largest absolute Gasteiger partial charge is 0.481 e. The average molecular weight is 261 g/mol. The third kappa shape index (κ3) is 2.25. The lowest BCUT2D eigenvalue weighted by molar-refractivity contribution is -0.139. The second kappa shape index (κ2) is 4.53. The normalized spacial score (nSPS) is 22.8. The molecule has 1 aliphatic heterocycles. The van der Waals surface area contributed by atoms with Crippen molar-refractivity contribution in [2.24, 2.45) is 0 Å². The van der Waals surface area contributed by atoms with Gasteiger partial charge in [-0.25, -0.2) is 4.98 Å². The Labute approximate surface area is 110 Å². The zero-order chi connectivity index (χ0) is 13.4.